The Bertz CT molecular complexity index is 1030. The van der Waals surface area contributed by atoms with E-state index >= 15 is 0 Å². The molecule has 0 radical (unpaired) electrons. The summed E-state index contributed by atoms with van der Waals surface area (Å²) in [5.74, 6) is -0.0976. The SMILES string of the molecule is Cl.O=C1Nc2ccc(CCN3CCOC3=O)cc2/C1=C/c1cc(CN2CCOCC2)c[nH]1. The molecule has 0 unspecified atom stereocenters. The second-order valence-corrected chi connectivity index (χ2v) is 8.10. The van der Waals surface area contributed by atoms with E-state index in [1.54, 1.807) is 4.90 Å². The summed E-state index contributed by atoms with van der Waals surface area (Å²) in [6.07, 6.45) is 4.38. The molecule has 170 valence electrons. The first kappa shape index (κ1) is 22.4. The Kier molecular flexibility index (Phi) is 6.83. The molecular weight excluding hydrogens is 432 g/mol. The van der Waals surface area contributed by atoms with Gasteiger partial charge in [0.2, 0.25) is 0 Å². The summed E-state index contributed by atoms with van der Waals surface area (Å²) in [4.78, 5) is 31.6. The van der Waals surface area contributed by atoms with Crippen LogP contribution in [0, 0.1) is 0 Å². The van der Waals surface area contributed by atoms with Gasteiger partial charge in [-0.2, -0.15) is 0 Å². The van der Waals surface area contributed by atoms with Gasteiger partial charge in [0.05, 0.1) is 25.3 Å². The Morgan fingerprint density at radius 1 is 1.03 bits per heavy atom. The maximum atomic E-state index is 12.6. The Morgan fingerprint density at radius 3 is 2.66 bits per heavy atom. The molecule has 3 aliphatic heterocycles. The van der Waals surface area contributed by atoms with Crippen LogP contribution < -0.4 is 5.32 Å². The van der Waals surface area contributed by atoms with Crippen LogP contribution in [0.2, 0.25) is 0 Å². The highest BCUT2D eigenvalue weighted by atomic mass is 35.5. The van der Waals surface area contributed by atoms with Crippen LogP contribution in [0.3, 0.4) is 0 Å². The fourth-order valence-corrected chi connectivity index (χ4v) is 4.23. The van der Waals surface area contributed by atoms with Gasteiger partial charge in [0.1, 0.15) is 6.61 Å². The third kappa shape index (κ3) is 4.82. The van der Waals surface area contributed by atoms with Crippen molar-refractivity contribution in [1.29, 1.82) is 0 Å². The van der Waals surface area contributed by atoms with Gasteiger partial charge in [0.25, 0.3) is 5.91 Å². The molecule has 32 heavy (non-hydrogen) atoms. The molecule has 0 bridgehead atoms. The molecule has 2 saturated heterocycles. The third-order valence-electron chi connectivity index (χ3n) is 5.96. The first-order chi connectivity index (χ1) is 15.2. The lowest BCUT2D eigenvalue weighted by Crippen LogP contribution is -2.35. The second-order valence-electron chi connectivity index (χ2n) is 8.10. The van der Waals surface area contributed by atoms with Crippen molar-refractivity contribution in [3.63, 3.8) is 0 Å². The van der Waals surface area contributed by atoms with Crippen LogP contribution in [-0.4, -0.2) is 72.8 Å². The quantitative estimate of drug-likeness (QED) is 0.650. The predicted molar refractivity (Wildman–Crippen MR) is 124 cm³/mol. The van der Waals surface area contributed by atoms with Crippen LogP contribution in [0.15, 0.2) is 30.5 Å². The average Bonchev–Trinajstić information content (AvgIpc) is 3.47. The fourth-order valence-electron chi connectivity index (χ4n) is 4.23. The smallest absolute Gasteiger partial charge is 0.409 e. The van der Waals surface area contributed by atoms with E-state index in [1.807, 2.05) is 30.5 Å². The lowest BCUT2D eigenvalue weighted by atomic mass is 10.0. The molecule has 0 saturated carbocycles. The van der Waals surface area contributed by atoms with Gasteiger partial charge in [0, 0.05) is 49.3 Å². The number of rotatable bonds is 6. The van der Waals surface area contributed by atoms with Crippen LogP contribution in [0.4, 0.5) is 10.5 Å². The summed E-state index contributed by atoms with van der Waals surface area (Å²) in [6.45, 7) is 6.00. The summed E-state index contributed by atoms with van der Waals surface area (Å²) in [6, 6.07) is 8.07. The minimum Gasteiger partial charge on any atom is -0.448 e. The summed E-state index contributed by atoms with van der Waals surface area (Å²) in [5, 5.41) is 2.94. The molecule has 2 fully saturated rings. The molecule has 0 aliphatic carbocycles. The number of nitrogens with one attached hydrogen (secondary N) is 2. The number of halogens is 1. The van der Waals surface area contributed by atoms with Gasteiger partial charge in [-0.25, -0.2) is 4.79 Å². The lowest BCUT2D eigenvalue weighted by molar-refractivity contribution is -0.110. The molecule has 4 heterocycles. The number of nitrogens with zero attached hydrogens (tertiary/aromatic N) is 2. The normalized spacial score (nSPS) is 19.6. The van der Waals surface area contributed by atoms with Crippen molar-refractivity contribution in [2.24, 2.45) is 0 Å². The van der Waals surface area contributed by atoms with Gasteiger partial charge < -0.3 is 24.7 Å². The number of aromatic amines is 1. The highest BCUT2D eigenvalue weighted by Crippen LogP contribution is 2.34. The summed E-state index contributed by atoms with van der Waals surface area (Å²) in [7, 11) is 0. The van der Waals surface area contributed by atoms with Gasteiger partial charge in [-0.05, 0) is 41.8 Å². The summed E-state index contributed by atoms with van der Waals surface area (Å²) >= 11 is 0. The number of amides is 2. The van der Waals surface area contributed by atoms with E-state index in [1.165, 1.54) is 5.56 Å². The van der Waals surface area contributed by atoms with E-state index < -0.39 is 0 Å². The summed E-state index contributed by atoms with van der Waals surface area (Å²) in [5.41, 5.74) is 5.55. The molecule has 0 atom stereocenters. The van der Waals surface area contributed by atoms with Gasteiger partial charge >= 0.3 is 6.09 Å². The van der Waals surface area contributed by atoms with Crippen LogP contribution in [-0.2, 0) is 27.2 Å². The van der Waals surface area contributed by atoms with E-state index in [0.717, 1.165) is 61.8 Å². The Hall–Kier alpha value is -2.81. The van der Waals surface area contributed by atoms with Crippen molar-refractivity contribution < 1.29 is 19.1 Å². The average molecular weight is 459 g/mol. The Morgan fingerprint density at radius 2 is 1.88 bits per heavy atom. The standard InChI is InChI=1S/C23H26N4O4.ClH/c28-22-20(13-18-11-17(14-24-18)15-26-5-8-30-9-6-26)19-12-16(1-2-21(19)25-22)3-4-27-7-10-31-23(27)29;/h1-2,11-14,24H,3-10,15H2,(H,25,28);1H/b20-13-;. The van der Waals surface area contributed by atoms with Crippen LogP contribution in [0.5, 0.6) is 0 Å². The lowest BCUT2D eigenvalue weighted by Gasteiger charge is -2.25. The number of benzene rings is 1. The van der Waals surface area contributed by atoms with Crippen LogP contribution in [0.1, 0.15) is 22.4 Å². The molecule has 2 aromatic rings. The number of carbonyl (C=O) groups excluding carboxylic acids is 2. The molecule has 0 spiro atoms. The molecule has 2 N–H and O–H groups in total. The van der Waals surface area contributed by atoms with Crippen molar-refractivity contribution >= 4 is 41.7 Å². The van der Waals surface area contributed by atoms with Crippen molar-refractivity contribution in [3.8, 4) is 0 Å². The largest absolute Gasteiger partial charge is 0.448 e. The van der Waals surface area contributed by atoms with E-state index in [9.17, 15) is 9.59 Å². The van der Waals surface area contributed by atoms with E-state index in [2.05, 4.69) is 21.3 Å². The molecule has 8 nitrogen and oxygen atoms in total. The highest BCUT2D eigenvalue weighted by molar-refractivity contribution is 6.34. The molecule has 3 aliphatic rings. The number of carbonyl (C=O) groups is 2. The minimum atomic E-state index is -0.252. The topological polar surface area (TPSA) is 86.9 Å². The van der Waals surface area contributed by atoms with Gasteiger partial charge in [-0.15, -0.1) is 12.4 Å². The number of hydrogen-bond acceptors (Lipinski definition) is 5. The number of H-pyrrole nitrogens is 1. The number of cyclic esters (lactones) is 1. The number of anilines is 1. The van der Waals surface area contributed by atoms with Crippen molar-refractivity contribution in [1.82, 2.24) is 14.8 Å². The number of morpholine rings is 1. The fraction of sp³-hybridized carbons (Fsp3) is 0.391. The van der Waals surface area contributed by atoms with Crippen LogP contribution >= 0.6 is 12.4 Å². The monoisotopic (exact) mass is 458 g/mol. The number of ether oxygens (including phenoxy) is 2. The molecule has 1 aromatic heterocycles. The van der Waals surface area contributed by atoms with Crippen molar-refractivity contribution in [3.05, 3.63) is 52.8 Å². The third-order valence-corrected chi connectivity index (χ3v) is 5.96. The zero-order valence-corrected chi connectivity index (χ0v) is 18.6. The Labute approximate surface area is 193 Å². The molecule has 5 rings (SSSR count). The van der Waals surface area contributed by atoms with Gasteiger partial charge in [0.15, 0.2) is 0 Å². The highest BCUT2D eigenvalue weighted by Gasteiger charge is 2.25. The number of aromatic nitrogens is 1. The molecule has 2 amide bonds. The predicted octanol–water partition coefficient (Wildman–Crippen LogP) is 2.76. The molecular formula is C23H27ClN4O4. The van der Waals surface area contributed by atoms with E-state index in [-0.39, 0.29) is 24.4 Å². The number of fused-ring (bicyclic) bond motifs is 1. The van der Waals surface area contributed by atoms with Crippen LogP contribution in [0.25, 0.3) is 11.6 Å². The minimum absolute atomic E-state index is 0. The van der Waals surface area contributed by atoms with Crippen molar-refractivity contribution in [2.45, 2.75) is 13.0 Å². The second kappa shape index (κ2) is 9.77. The Balaban J connectivity index is 0.00000245. The molecule has 1 aromatic carbocycles. The first-order valence-corrected chi connectivity index (χ1v) is 10.7. The zero-order valence-electron chi connectivity index (χ0n) is 17.8. The van der Waals surface area contributed by atoms with Gasteiger partial charge in [-0.1, -0.05) is 6.07 Å². The molecule has 9 heteroatoms. The van der Waals surface area contributed by atoms with Crippen molar-refractivity contribution in [2.75, 3.05) is 51.3 Å². The van der Waals surface area contributed by atoms with E-state index in [4.69, 9.17) is 9.47 Å². The zero-order chi connectivity index (χ0) is 21.2. The maximum Gasteiger partial charge on any atom is 0.409 e. The van der Waals surface area contributed by atoms with E-state index in [0.29, 0.717) is 25.3 Å². The van der Waals surface area contributed by atoms with Gasteiger partial charge in [-0.3, -0.25) is 9.69 Å². The summed E-state index contributed by atoms with van der Waals surface area (Å²) < 4.78 is 10.4. The maximum absolute atomic E-state index is 12.6. The first-order valence-electron chi connectivity index (χ1n) is 10.7. The number of hydrogen-bond donors (Lipinski definition) is 2.